The Kier molecular flexibility index (Phi) is 6.45. The van der Waals surface area contributed by atoms with Crippen LogP contribution in [0.5, 0.6) is 0 Å². The van der Waals surface area contributed by atoms with Gasteiger partial charge in [0.1, 0.15) is 5.50 Å². The fourth-order valence-corrected chi connectivity index (χ4v) is 3.13. The van der Waals surface area contributed by atoms with Crippen molar-refractivity contribution in [2.24, 2.45) is 0 Å². The highest BCUT2D eigenvalue weighted by Gasteiger charge is 2.16. The van der Waals surface area contributed by atoms with Crippen LogP contribution in [0.2, 0.25) is 0 Å². The molecular weight excluding hydrogens is 188 g/mol. The van der Waals surface area contributed by atoms with E-state index in [1.54, 1.807) is 0 Å². The molecule has 0 aliphatic carbocycles. The molecule has 4 heteroatoms. The Balaban J connectivity index is 3.80. The number of hydrogen-bond acceptors (Lipinski definition) is 3. The van der Waals surface area contributed by atoms with Gasteiger partial charge in [-0.2, -0.15) is 0 Å². The van der Waals surface area contributed by atoms with E-state index < -0.39 is 0 Å². The molecule has 0 radical (unpaired) electrons. The van der Waals surface area contributed by atoms with Crippen molar-refractivity contribution in [3.05, 3.63) is 0 Å². The maximum atomic E-state index is 2.29. The standard InChI is InChI=1S/C8H21N2S2/c1-9(2)8(10(3)4)11-7-12(5)6/h8H,7H2,1-6H3/q+1. The Morgan fingerprint density at radius 2 is 1.50 bits per heavy atom. The zero-order valence-corrected chi connectivity index (χ0v) is 10.6. The molecule has 0 aliphatic heterocycles. The molecule has 0 spiro atoms. The van der Waals surface area contributed by atoms with Crippen LogP contribution in [0, 0.1) is 0 Å². The van der Waals surface area contributed by atoms with E-state index in [1.807, 2.05) is 11.8 Å². The number of thioether (sulfide) groups is 1. The largest absolute Gasteiger partial charge is 0.285 e. The van der Waals surface area contributed by atoms with E-state index in [0.29, 0.717) is 16.4 Å². The van der Waals surface area contributed by atoms with E-state index >= 15 is 0 Å². The molecule has 2 nitrogen and oxygen atoms in total. The molecule has 74 valence electrons. The molecule has 0 rings (SSSR count). The van der Waals surface area contributed by atoms with Gasteiger partial charge < -0.3 is 0 Å². The second kappa shape index (κ2) is 6.13. The maximum Gasteiger partial charge on any atom is 0.155 e. The SMILES string of the molecule is CN(C)C(SC[S+](C)C)N(C)C. The quantitative estimate of drug-likeness (QED) is 0.492. The minimum atomic E-state index is 0.514. The van der Waals surface area contributed by atoms with Gasteiger partial charge in [0.05, 0.1) is 12.5 Å². The van der Waals surface area contributed by atoms with E-state index in [0.717, 1.165) is 0 Å². The lowest BCUT2D eigenvalue weighted by Gasteiger charge is -2.28. The summed E-state index contributed by atoms with van der Waals surface area (Å²) in [5.41, 5.74) is 0.514. The Hall–Kier alpha value is 0.620. The van der Waals surface area contributed by atoms with Crippen LogP contribution in [0.4, 0.5) is 0 Å². The summed E-state index contributed by atoms with van der Waals surface area (Å²) in [5.74, 6) is 0. The minimum absolute atomic E-state index is 0.514. The number of hydrogen-bond donors (Lipinski definition) is 0. The first-order valence-electron chi connectivity index (χ1n) is 3.93. The van der Waals surface area contributed by atoms with Crippen molar-refractivity contribution in [3.8, 4) is 0 Å². The number of rotatable bonds is 5. The first-order valence-corrected chi connectivity index (χ1v) is 7.19. The van der Waals surface area contributed by atoms with E-state index in [9.17, 15) is 0 Å². The minimum Gasteiger partial charge on any atom is -0.285 e. The molecule has 0 aromatic rings. The fourth-order valence-electron chi connectivity index (χ4n) is 0.957. The molecule has 0 unspecified atom stereocenters. The van der Waals surface area contributed by atoms with Crippen LogP contribution in [-0.4, -0.2) is 61.1 Å². The van der Waals surface area contributed by atoms with Gasteiger partial charge in [0, 0.05) is 0 Å². The predicted molar refractivity (Wildman–Crippen MR) is 62.8 cm³/mol. The van der Waals surface area contributed by atoms with Crippen molar-refractivity contribution < 1.29 is 0 Å². The summed E-state index contributed by atoms with van der Waals surface area (Å²) in [5, 5.41) is 1.25. The summed E-state index contributed by atoms with van der Waals surface area (Å²) in [6, 6.07) is 0. The lowest BCUT2D eigenvalue weighted by molar-refractivity contribution is 0.212. The predicted octanol–water partition coefficient (Wildman–Crippen LogP) is 0.962. The van der Waals surface area contributed by atoms with Crippen LogP contribution < -0.4 is 0 Å². The van der Waals surface area contributed by atoms with Crippen molar-refractivity contribution in [1.82, 2.24) is 9.80 Å². The van der Waals surface area contributed by atoms with Gasteiger partial charge in [0.2, 0.25) is 0 Å². The average molecular weight is 209 g/mol. The molecule has 0 heterocycles. The van der Waals surface area contributed by atoms with Gasteiger partial charge in [-0.25, -0.2) is 0 Å². The van der Waals surface area contributed by atoms with Crippen LogP contribution in [-0.2, 0) is 10.9 Å². The zero-order chi connectivity index (χ0) is 9.72. The molecule has 0 amide bonds. The van der Waals surface area contributed by atoms with Crippen molar-refractivity contribution in [1.29, 1.82) is 0 Å². The highest BCUT2D eigenvalue weighted by molar-refractivity contribution is 8.14. The van der Waals surface area contributed by atoms with Crippen LogP contribution in [0.25, 0.3) is 0 Å². The van der Waals surface area contributed by atoms with Crippen LogP contribution in [0.15, 0.2) is 0 Å². The topological polar surface area (TPSA) is 6.48 Å². The first-order chi connectivity index (χ1) is 5.45. The van der Waals surface area contributed by atoms with Gasteiger partial charge in [0.15, 0.2) is 5.08 Å². The lowest BCUT2D eigenvalue weighted by Crippen LogP contribution is -2.38. The van der Waals surface area contributed by atoms with Crippen molar-refractivity contribution in [2.75, 3.05) is 45.8 Å². The highest BCUT2D eigenvalue weighted by Crippen LogP contribution is 2.16. The number of nitrogens with zero attached hydrogens (tertiary/aromatic N) is 2. The Bertz CT molecular complexity index is 108. The molecule has 0 N–H and O–H groups in total. The average Bonchev–Trinajstić information content (AvgIpc) is 1.84. The summed E-state index contributed by atoms with van der Waals surface area (Å²) < 4.78 is 0. The van der Waals surface area contributed by atoms with Crippen molar-refractivity contribution in [3.63, 3.8) is 0 Å². The Labute approximate surface area is 84.0 Å². The molecule has 0 fully saturated rings. The third kappa shape index (κ3) is 5.30. The summed E-state index contributed by atoms with van der Waals surface area (Å²) >= 11 is 2.01. The highest BCUT2D eigenvalue weighted by atomic mass is 32.2. The Morgan fingerprint density at radius 3 is 1.75 bits per heavy atom. The van der Waals surface area contributed by atoms with Crippen LogP contribution in [0.1, 0.15) is 0 Å². The summed E-state index contributed by atoms with van der Waals surface area (Å²) in [6.07, 6.45) is 4.57. The molecule has 0 atom stereocenters. The van der Waals surface area contributed by atoms with Crippen LogP contribution in [0.3, 0.4) is 0 Å². The molecule has 0 saturated carbocycles. The second-order valence-corrected chi connectivity index (χ2v) is 7.19. The monoisotopic (exact) mass is 209 g/mol. The third-order valence-corrected chi connectivity index (χ3v) is 4.91. The Morgan fingerprint density at radius 1 is 1.08 bits per heavy atom. The molecule has 12 heavy (non-hydrogen) atoms. The maximum absolute atomic E-state index is 2.29. The fraction of sp³-hybridized carbons (Fsp3) is 1.00. The molecule has 0 aromatic heterocycles. The summed E-state index contributed by atoms with van der Waals surface area (Å²) in [6.45, 7) is 0. The van der Waals surface area contributed by atoms with E-state index in [4.69, 9.17) is 0 Å². The molecule has 0 aliphatic rings. The van der Waals surface area contributed by atoms with Crippen LogP contribution >= 0.6 is 11.8 Å². The van der Waals surface area contributed by atoms with Gasteiger partial charge in [-0.05, 0) is 39.1 Å². The van der Waals surface area contributed by atoms with Gasteiger partial charge in [-0.15, -0.1) is 0 Å². The van der Waals surface area contributed by atoms with Crippen molar-refractivity contribution in [2.45, 2.75) is 5.50 Å². The summed E-state index contributed by atoms with van der Waals surface area (Å²) in [4.78, 5) is 4.50. The van der Waals surface area contributed by atoms with Crippen molar-refractivity contribution >= 4 is 22.7 Å². The van der Waals surface area contributed by atoms with E-state index in [1.165, 1.54) is 5.08 Å². The zero-order valence-electron chi connectivity index (χ0n) is 9.00. The lowest BCUT2D eigenvalue weighted by atomic mass is 10.8. The van der Waals surface area contributed by atoms with E-state index in [2.05, 4.69) is 50.5 Å². The third-order valence-electron chi connectivity index (χ3n) is 1.34. The van der Waals surface area contributed by atoms with Gasteiger partial charge in [0.25, 0.3) is 0 Å². The molecular formula is C8H21N2S2+. The molecule has 0 bridgehead atoms. The molecule has 0 saturated heterocycles. The van der Waals surface area contributed by atoms with Gasteiger partial charge in [-0.3, -0.25) is 9.80 Å². The smallest absolute Gasteiger partial charge is 0.155 e. The second-order valence-electron chi connectivity index (χ2n) is 3.52. The van der Waals surface area contributed by atoms with Gasteiger partial charge in [-0.1, -0.05) is 11.8 Å². The normalized spacial score (nSPS) is 12.5. The molecule has 0 aromatic carbocycles. The van der Waals surface area contributed by atoms with E-state index in [-0.39, 0.29) is 0 Å². The van der Waals surface area contributed by atoms with Gasteiger partial charge >= 0.3 is 0 Å². The summed E-state index contributed by atoms with van der Waals surface area (Å²) in [7, 11) is 9.04. The first kappa shape index (κ1) is 12.6.